The Kier molecular flexibility index (Phi) is 2.95. The van der Waals surface area contributed by atoms with Gasteiger partial charge in [0.1, 0.15) is 16.2 Å². The fraction of sp³-hybridized carbons (Fsp3) is 0.667. The standard InChI is InChI=1S/C12H18BrN3/c1-7(2)11-15-9(13)5-10(16-11)14-8-6-12(8,3)4/h5,7-8H,6H2,1-4H3,(H,14,15,16). The van der Waals surface area contributed by atoms with Crippen LogP contribution in [0.3, 0.4) is 0 Å². The second-order valence-electron chi connectivity index (χ2n) is 5.48. The normalized spacial score (nSPS) is 22.2. The largest absolute Gasteiger partial charge is 0.367 e. The third-order valence-electron chi connectivity index (χ3n) is 3.06. The van der Waals surface area contributed by atoms with Crippen LogP contribution in [-0.4, -0.2) is 16.0 Å². The van der Waals surface area contributed by atoms with Crippen molar-refractivity contribution in [3.05, 3.63) is 16.5 Å². The highest BCUT2D eigenvalue weighted by atomic mass is 79.9. The molecule has 0 radical (unpaired) electrons. The van der Waals surface area contributed by atoms with E-state index in [1.54, 1.807) is 0 Å². The highest BCUT2D eigenvalue weighted by Gasteiger charge is 2.45. The Bertz CT molecular complexity index is 401. The van der Waals surface area contributed by atoms with E-state index >= 15 is 0 Å². The molecule has 0 bridgehead atoms. The summed E-state index contributed by atoms with van der Waals surface area (Å²) < 4.78 is 0.854. The van der Waals surface area contributed by atoms with Gasteiger partial charge in [0, 0.05) is 18.0 Å². The second-order valence-corrected chi connectivity index (χ2v) is 6.29. The predicted octanol–water partition coefficient (Wildman–Crippen LogP) is 3.57. The summed E-state index contributed by atoms with van der Waals surface area (Å²) in [5.41, 5.74) is 0.412. The van der Waals surface area contributed by atoms with Crippen LogP contribution in [0.2, 0.25) is 0 Å². The molecule has 4 heteroatoms. The molecule has 1 aliphatic rings. The minimum absolute atomic E-state index is 0.352. The van der Waals surface area contributed by atoms with E-state index in [2.05, 4.69) is 58.9 Å². The molecule has 1 atom stereocenters. The molecule has 1 heterocycles. The van der Waals surface area contributed by atoms with Gasteiger partial charge in [0.15, 0.2) is 0 Å². The van der Waals surface area contributed by atoms with Crippen molar-refractivity contribution in [2.75, 3.05) is 5.32 Å². The highest BCUT2D eigenvalue weighted by molar-refractivity contribution is 9.10. The summed E-state index contributed by atoms with van der Waals surface area (Å²) in [5.74, 6) is 2.17. The van der Waals surface area contributed by atoms with Crippen molar-refractivity contribution in [2.45, 2.75) is 46.1 Å². The average Bonchev–Trinajstić information content (AvgIpc) is 2.72. The number of hydrogen-bond donors (Lipinski definition) is 1. The molecule has 1 unspecified atom stereocenters. The minimum Gasteiger partial charge on any atom is -0.367 e. The summed E-state index contributed by atoms with van der Waals surface area (Å²) in [4.78, 5) is 8.89. The number of nitrogens with zero attached hydrogens (tertiary/aromatic N) is 2. The van der Waals surface area contributed by atoms with Gasteiger partial charge in [-0.15, -0.1) is 0 Å². The van der Waals surface area contributed by atoms with Gasteiger partial charge in [-0.2, -0.15) is 0 Å². The maximum Gasteiger partial charge on any atom is 0.134 e. The quantitative estimate of drug-likeness (QED) is 0.862. The van der Waals surface area contributed by atoms with E-state index in [-0.39, 0.29) is 0 Å². The molecule has 16 heavy (non-hydrogen) atoms. The second kappa shape index (κ2) is 3.99. The Morgan fingerprint density at radius 3 is 2.56 bits per heavy atom. The summed E-state index contributed by atoms with van der Waals surface area (Å²) in [7, 11) is 0. The number of halogens is 1. The lowest BCUT2D eigenvalue weighted by atomic mass is 10.2. The Morgan fingerprint density at radius 1 is 1.44 bits per heavy atom. The summed E-state index contributed by atoms with van der Waals surface area (Å²) >= 11 is 3.43. The molecular weight excluding hydrogens is 266 g/mol. The Hall–Kier alpha value is -0.640. The van der Waals surface area contributed by atoms with Crippen LogP contribution in [0.1, 0.15) is 45.9 Å². The fourth-order valence-corrected chi connectivity index (χ4v) is 2.06. The number of anilines is 1. The molecule has 0 spiro atoms. The van der Waals surface area contributed by atoms with Gasteiger partial charge in [-0.3, -0.25) is 0 Å². The topological polar surface area (TPSA) is 37.8 Å². The molecule has 3 nitrogen and oxygen atoms in total. The number of aromatic nitrogens is 2. The molecule has 1 N–H and O–H groups in total. The molecule has 88 valence electrons. The zero-order chi connectivity index (χ0) is 11.9. The molecule has 1 saturated carbocycles. The maximum atomic E-state index is 4.53. The van der Waals surface area contributed by atoms with Crippen molar-refractivity contribution in [3.8, 4) is 0 Å². The predicted molar refractivity (Wildman–Crippen MR) is 69.6 cm³/mol. The van der Waals surface area contributed by atoms with Gasteiger partial charge in [-0.05, 0) is 27.8 Å². The molecular formula is C12H18BrN3. The highest BCUT2D eigenvalue weighted by Crippen LogP contribution is 2.46. The van der Waals surface area contributed by atoms with Crippen LogP contribution in [0.25, 0.3) is 0 Å². The van der Waals surface area contributed by atoms with Gasteiger partial charge in [-0.25, -0.2) is 9.97 Å². The van der Waals surface area contributed by atoms with Crippen molar-refractivity contribution in [1.82, 2.24) is 9.97 Å². The number of rotatable bonds is 3. The smallest absolute Gasteiger partial charge is 0.134 e. The van der Waals surface area contributed by atoms with E-state index in [1.807, 2.05) is 6.07 Å². The number of nitrogens with one attached hydrogen (secondary N) is 1. The molecule has 1 aromatic heterocycles. The van der Waals surface area contributed by atoms with Crippen LogP contribution >= 0.6 is 15.9 Å². The van der Waals surface area contributed by atoms with Crippen LogP contribution in [0.4, 0.5) is 5.82 Å². The number of hydrogen-bond acceptors (Lipinski definition) is 3. The van der Waals surface area contributed by atoms with Gasteiger partial charge in [0.2, 0.25) is 0 Å². The van der Waals surface area contributed by atoms with Crippen molar-refractivity contribution in [1.29, 1.82) is 0 Å². The van der Waals surface area contributed by atoms with Crippen LogP contribution in [0.5, 0.6) is 0 Å². The zero-order valence-corrected chi connectivity index (χ0v) is 11.8. The Labute approximate surface area is 105 Å². The molecule has 0 aliphatic heterocycles. The van der Waals surface area contributed by atoms with Gasteiger partial charge in [-0.1, -0.05) is 27.7 Å². The minimum atomic E-state index is 0.352. The monoisotopic (exact) mass is 283 g/mol. The van der Waals surface area contributed by atoms with Gasteiger partial charge >= 0.3 is 0 Å². The van der Waals surface area contributed by atoms with Crippen LogP contribution in [0, 0.1) is 5.41 Å². The van der Waals surface area contributed by atoms with Crippen LogP contribution in [-0.2, 0) is 0 Å². The first kappa shape index (κ1) is 11.8. The fourth-order valence-electron chi connectivity index (χ4n) is 1.66. The lowest BCUT2D eigenvalue weighted by molar-refractivity contribution is 0.629. The van der Waals surface area contributed by atoms with Gasteiger partial charge in [0.25, 0.3) is 0 Å². The third-order valence-corrected chi connectivity index (χ3v) is 3.47. The van der Waals surface area contributed by atoms with E-state index in [1.165, 1.54) is 6.42 Å². The molecule has 1 aromatic rings. The summed E-state index contributed by atoms with van der Waals surface area (Å²) in [6.45, 7) is 8.74. The van der Waals surface area contributed by atoms with E-state index < -0.39 is 0 Å². The van der Waals surface area contributed by atoms with E-state index in [0.717, 1.165) is 16.2 Å². The summed E-state index contributed by atoms with van der Waals surface area (Å²) in [6.07, 6.45) is 1.21. The van der Waals surface area contributed by atoms with E-state index in [0.29, 0.717) is 17.4 Å². The first-order valence-corrected chi connectivity index (χ1v) is 6.49. The van der Waals surface area contributed by atoms with Crippen molar-refractivity contribution < 1.29 is 0 Å². The molecule has 1 fully saturated rings. The van der Waals surface area contributed by atoms with Crippen molar-refractivity contribution in [2.24, 2.45) is 5.41 Å². The van der Waals surface area contributed by atoms with E-state index in [4.69, 9.17) is 0 Å². The average molecular weight is 284 g/mol. The molecule has 2 rings (SSSR count). The Morgan fingerprint density at radius 2 is 2.06 bits per heavy atom. The van der Waals surface area contributed by atoms with Crippen LogP contribution < -0.4 is 5.32 Å². The van der Waals surface area contributed by atoms with Crippen molar-refractivity contribution >= 4 is 21.7 Å². The molecule has 0 amide bonds. The van der Waals surface area contributed by atoms with Gasteiger partial charge in [0.05, 0.1) is 0 Å². The summed E-state index contributed by atoms with van der Waals surface area (Å²) in [6, 6.07) is 2.50. The first-order valence-electron chi connectivity index (χ1n) is 5.69. The lowest BCUT2D eigenvalue weighted by Crippen LogP contribution is -2.11. The van der Waals surface area contributed by atoms with Gasteiger partial charge < -0.3 is 5.32 Å². The van der Waals surface area contributed by atoms with Crippen LogP contribution in [0.15, 0.2) is 10.7 Å². The summed E-state index contributed by atoms with van der Waals surface area (Å²) in [5, 5.41) is 3.46. The molecule has 0 aromatic carbocycles. The third kappa shape index (κ3) is 2.54. The maximum absolute atomic E-state index is 4.53. The van der Waals surface area contributed by atoms with E-state index in [9.17, 15) is 0 Å². The Balaban J connectivity index is 2.15. The van der Waals surface area contributed by atoms with Crippen molar-refractivity contribution in [3.63, 3.8) is 0 Å². The lowest BCUT2D eigenvalue weighted by Gasteiger charge is -2.10. The first-order chi connectivity index (χ1) is 7.38. The SMILES string of the molecule is CC(C)c1nc(Br)cc(NC2CC2(C)C)n1. The molecule has 1 aliphatic carbocycles. The molecule has 0 saturated heterocycles. The zero-order valence-electron chi connectivity index (χ0n) is 10.2.